The molecule has 0 aromatic heterocycles. The van der Waals surface area contributed by atoms with E-state index in [1.54, 1.807) is 0 Å². The van der Waals surface area contributed by atoms with E-state index in [0.29, 0.717) is 5.54 Å². The van der Waals surface area contributed by atoms with Crippen LogP contribution in [-0.2, 0) is 0 Å². The molecule has 3 unspecified atom stereocenters. The molecule has 4 rings (SSSR count). The first-order chi connectivity index (χ1) is 9.72. The van der Waals surface area contributed by atoms with Crippen molar-refractivity contribution in [2.45, 2.75) is 63.8 Å². The summed E-state index contributed by atoms with van der Waals surface area (Å²) >= 11 is 1.99. The van der Waals surface area contributed by atoms with Crippen LogP contribution < -0.4 is 5.32 Å². The van der Waals surface area contributed by atoms with Gasteiger partial charge in [-0.25, -0.2) is 0 Å². The van der Waals surface area contributed by atoms with Crippen LogP contribution in [0.4, 0.5) is 0 Å². The van der Waals surface area contributed by atoms with Crippen LogP contribution in [0.15, 0.2) is 4.99 Å². The standard InChI is InChI=1S/C17H28N2S/c1-12-4-6-17(7-5-12)11-20-16(19-17)18-10-15-9-13-2-3-14(15)8-13/h12-15H,2-11H2,1H3,(H,18,19). The third-order valence-electron chi connectivity index (χ3n) is 6.44. The van der Waals surface area contributed by atoms with Crippen LogP contribution >= 0.6 is 11.8 Å². The average Bonchev–Trinajstić information content (AvgIpc) is 3.16. The number of amidine groups is 1. The topological polar surface area (TPSA) is 24.4 Å². The van der Waals surface area contributed by atoms with Crippen molar-refractivity contribution in [1.29, 1.82) is 0 Å². The fraction of sp³-hybridized carbons (Fsp3) is 0.941. The van der Waals surface area contributed by atoms with Crippen LogP contribution in [0, 0.1) is 23.7 Å². The van der Waals surface area contributed by atoms with Crippen LogP contribution in [0.3, 0.4) is 0 Å². The molecule has 3 aliphatic carbocycles. The SMILES string of the molecule is CC1CCC2(CC1)CSC(=NCC1CC3CCC1C3)N2. The van der Waals surface area contributed by atoms with Crippen LogP contribution in [0.25, 0.3) is 0 Å². The highest BCUT2D eigenvalue weighted by Gasteiger charge is 2.41. The third-order valence-corrected chi connectivity index (χ3v) is 7.64. The first-order valence-corrected chi connectivity index (χ1v) is 9.66. The normalized spacial score (nSPS) is 49.1. The monoisotopic (exact) mass is 292 g/mol. The van der Waals surface area contributed by atoms with Gasteiger partial charge < -0.3 is 5.32 Å². The van der Waals surface area contributed by atoms with Crippen molar-refractivity contribution < 1.29 is 0 Å². The molecule has 0 aromatic rings. The molecule has 3 heteroatoms. The summed E-state index contributed by atoms with van der Waals surface area (Å²) in [6, 6.07) is 0. The van der Waals surface area contributed by atoms with Crippen LogP contribution in [0.5, 0.6) is 0 Å². The van der Waals surface area contributed by atoms with Gasteiger partial charge >= 0.3 is 0 Å². The second-order valence-electron chi connectivity index (χ2n) is 7.96. The number of fused-ring (bicyclic) bond motifs is 2. The fourth-order valence-corrected chi connectivity index (χ4v) is 6.20. The Hall–Kier alpha value is -0.180. The second kappa shape index (κ2) is 5.23. The predicted octanol–water partition coefficient (Wildman–Crippen LogP) is 4.06. The van der Waals surface area contributed by atoms with E-state index in [1.165, 1.54) is 62.3 Å². The summed E-state index contributed by atoms with van der Waals surface area (Å²) in [4.78, 5) is 4.96. The first-order valence-electron chi connectivity index (χ1n) is 8.68. The van der Waals surface area contributed by atoms with E-state index in [2.05, 4.69) is 12.2 Å². The smallest absolute Gasteiger partial charge is 0.157 e. The molecule has 2 nitrogen and oxygen atoms in total. The van der Waals surface area contributed by atoms with E-state index in [0.717, 1.165) is 30.2 Å². The van der Waals surface area contributed by atoms with E-state index in [-0.39, 0.29) is 0 Å². The minimum atomic E-state index is 0.407. The van der Waals surface area contributed by atoms with Gasteiger partial charge in [-0.15, -0.1) is 0 Å². The Kier molecular flexibility index (Phi) is 3.52. The Morgan fingerprint density at radius 2 is 2.05 bits per heavy atom. The van der Waals surface area contributed by atoms with E-state index < -0.39 is 0 Å². The number of aliphatic imine (C=N–C) groups is 1. The van der Waals surface area contributed by atoms with E-state index in [9.17, 15) is 0 Å². The highest BCUT2D eigenvalue weighted by atomic mass is 32.2. The molecule has 0 aromatic carbocycles. The van der Waals surface area contributed by atoms with Gasteiger partial charge in [-0.1, -0.05) is 25.1 Å². The Morgan fingerprint density at radius 3 is 2.75 bits per heavy atom. The van der Waals surface area contributed by atoms with Crippen molar-refractivity contribution in [3.63, 3.8) is 0 Å². The lowest BCUT2D eigenvalue weighted by Crippen LogP contribution is -2.46. The lowest BCUT2D eigenvalue weighted by atomic mass is 9.78. The molecule has 1 aliphatic heterocycles. The highest BCUT2D eigenvalue weighted by Crippen LogP contribution is 2.48. The zero-order valence-electron chi connectivity index (χ0n) is 12.7. The maximum absolute atomic E-state index is 4.96. The van der Waals surface area contributed by atoms with Gasteiger partial charge in [-0.3, -0.25) is 4.99 Å². The molecule has 4 aliphatic rings. The van der Waals surface area contributed by atoms with Crippen molar-refractivity contribution in [2.24, 2.45) is 28.7 Å². The highest BCUT2D eigenvalue weighted by molar-refractivity contribution is 8.14. The van der Waals surface area contributed by atoms with Crippen LogP contribution in [0.2, 0.25) is 0 Å². The van der Waals surface area contributed by atoms with Gasteiger partial charge in [-0.05, 0) is 68.6 Å². The molecule has 2 bridgehead atoms. The Morgan fingerprint density at radius 1 is 1.20 bits per heavy atom. The average molecular weight is 292 g/mol. The molecule has 1 saturated heterocycles. The third kappa shape index (κ3) is 2.51. The molecule has 0 radical (unpaired) electrons. The zero-order valence-corrected chi connectivity index (χ0v) is 13.6. The maximum atomic E-state index is 4.96. The summed E-state index contributed by atoms with van der Waals surface area (Å²) in [5.74, 6) is 5.17. The van der Waals surface area contributed by atoms with Crippen LogP contribution in [0.1, 0.15) is 58.3 Å². The van der Waals surface area contributed by atoms with Gasteiger partial charge in [0, 0.05) is 17.8 Å². The number of thioether (sulfide) groups is 1. The minimum absolute atomic E-state index is 0.407. The predicted molar refractivity (Wildman–Crippen MR) is 87.2 cm³/mol. The number of hydrogen-bond acceptors (Lipinski definition) is 2. The molecule has 3 saturated carbocycles. The molecule has 4 fully saturated rings. The van der Waals surface area contributed by atoms with Gasteiger partial charge in [0.05, 0.1) is 0 Å². The summed E-state index contributed by atoms with van der Waals surface area (Å²) in [7, 11) is 0. The summed E-state index contributed by atoms with van der Waals surface area (Å²) in [6.07, 6.45) is 11.5. The first kappa shape index (κ1) is 13.5. The van der Waals surface area contributed by atoms with Gasteiger partial charge in [-0.2, -0.15) is 0 Å². The molecular weight excluding hydrogens is 264 g/mol. The summed E-state index contributed by atoms with van der Waals surface area (Å²) in [6.45, 7) is 3.50. The Labute approximate surface area is 127 Å². The van der Waals surface area contributed by atoms with Crippen molar-refractivity contribution >= 4 is 16.9 Å². The maximum Gasteiger partial charge on any atom is 0.157 e. The summed E-state index contributed by atoms with van der Waals surface area (Å²) < 4.78 is 0. The van der Waals surface area contributed by atoms with Crippen molar-refractivity contribution in [1.82, 2.24) is 5.32 Å². The van der Waals surface area contributed by atoms with E-state index >= 15 is 0 Å². The zero-order chi connectivity index (χ0) is 13.6. The van der Waals surface area contributed by atoms with Gasteiger partial charge in [0.1, 0.15) is 0 Å². The van der Waals surface area contributed by atoms with Gasteiger partial charge in [0.2, 0.25) is 0 Å². The number of nitrogens with zero attached hydrogens (tertiary/aromatic N) is 1. The second-order valence-corrected chi connectivity index (χ2v) is 8.92. The molecule has 20 heavy (non-hydrogen) atoms. The van der Waals surface area contributed by atoms with E-state index in [4.69, 9.17) is 4.99 Å². The Bertz CT molecular complexity index is 398. The van der Waals surface area contributed by atoms with Crippen LogP contribution in [-0.4, -0.2) is 23.0 Å². The molecule has 1 heterocycles. The molecule has 1 spiro atoms. The van der Waals surface area contributed by atoms with Gasteiger partial charge in [0.15, 0.2) is 5.17 Å². The van der Waals surface area contributed by atoms with Crippen molar-refractivity contribution in [3.05, 3.63) is 0 Å². The molecule has 1 N–H and O–H groups in total. The minimum Gasteiger partial charge on any atom is -0.359 e. The summed E-state index contributed by atoms with van der Waals surface area (Å²) in [5.41, 5.74) is 0.407. The molecular formula is C17H28N2S. The quantitative estimate of drug-likeness (QED) is 0.830. The summed E-state index contributed by atoms with van der Waals surface area (Å²) in [5, 5.41) is 5.07. The largest absolute Gasteiger partial charge is 0.359 e. The Balaban J connectivity index is 1.33. The number of rotatable bonds is 2. The molecule has 112 valence electrons. The lowest BCUT2D eigenvalue weighted by Gasteiger charge is -2.35. The lowest BCUT2D eigenvalue weighted by molar-refractivity contribution is 0.250. The molecule has 3 atom stereocenters. The van der Waals surface area contributed by atoms with E-state index in [1.807, 2.05) is 11.8 Å². The number of hydrogen-bond donors (Lipinski definition) is 1. The molecule has 0 amide bonds. The fourth-order valence-electron chi connectivity index (χ4n) is 4.97. The van der Waals surface area contributed by atoms with Gasteiger partial charge in [0.25, 0.3) is 0 Å². The number of nitrogens with one attached hydrogen (secondary N) is 1. The van der Waals surface area contributed by atoms with Crippen molar-refractivity contribution in [3.8, 4) is 0 Å². The van der Waals surface area contributed by atoms with Crippen molar-refractivity contribution in [2.75, 3.05) is 12.3 Å².